The van der Waals surface area contributed by atoms with Crippen molar-refractivity contribution in [1.82, 2.24) is 10.2 Å². The standard InChI is InChI=1S/C29H43N3O6/c1-18-5-7-20(8-6-18)31-27(37)38-25-11-13-28(3)22(23(35)9-10-24(28)29(25,4)17-33)15-26(36)32-14-12-21(16-32)30-19(2)34/h5-8,21-25,33,35H,9-17H2,1-4H3,(H,30,34)(H,31,37)/t21-,22+,23+,24?,25+,28-,29-/m0/s1. The van der Waals surface area contributed by atoms with E-state index in [0.29, 0.717) is 44.5 Å². The van der Waals surface area contributed by atoms with Gasteiger partial charge in [0, 0.05) is 43.6 Å². The van der Waals surface area contributed by atoms with Crippen LogP contribution in [0.25, 0.3) is 0 Å². The average molecular weight is 530 g/mol. The maximum atomic E-state index is 13.3. The van der Waals surface area contributed by atoms with Crippen molar-refractivity contribution in [3.63, 3.8) is 0 Å². The highest BCUT2D eigenvalue weighted by Crippen LogP contribution is 2.61. The molecule has 3 amide bonds. The number of amides is 3. The van der Waals surface area contributed by atoms with Gasteiger partial charge in [-0.2, -0.15) is 0 Å². The number of likely N-dealkylation sites (tertiary alicyclic amines) is 1. The van der Waals surface area contributed by atoms with E-state index in [9.17, 15) is 24.6 Å². The van der Waals surface area contributed by atoms with Crippen LogP contribution in [0.2, 0.25) is 0 Å². The molecule has 7 atom stereocenters. The summed E-state index contributed by atoms with van der Waals surface area (Å²) in [6, 6.07) is 7.44. The van der Waals surface area contributed by atoms with E-state index in [1.54, 1.807) is 4.90 Å². The van der Waals surface area contributed by atoms with Crippen molar-refractivity contribution in [1.29, 1.82) is 0 Å². The molecular formula is C29H43N3O6. The maximum Gasteiger partial charge on any atom is 0.411 e. The van der Waals surface area contributed by atoms with Gasteiger partial charge in [-0.15, -0.1) is 0 Å². The average Bonchev–Trinajstić information content (AvgIpc) is 3.32. The summed E-state index contributed by atoms with van der Waals surface area (Å²) in [5.74, 6) is -0.401. The topological polar surface area (TPSA) is 128 Å². The number of hydrogen-bond donors (Lipinski definition) is 4. The van der Waals surface area contributed by atoms with E-state index in [4.69, 9.17) is 4.74 Å². The van der Waals surface area contributed by atoms with Gasteiger partial charge >= 0.3 is 6.09 Å². The molecule has 1 heterocycles. The van der Waals surface area contributed by atoms with Crippen LogP contribution in [0.5, 0.6) is 0 Å². The summed E-state index contributed by atoms with van der Waals surface area (Å²) in [5, 5.41) is 27.4. The van der Waals surface area contributed by atoms with Gasteiger partial charge in [0.2, 0.25) is 11.8 Å². The normalized spacial score (nSPS) is 34.8. The summed E-state index contributed by atoms with van der Waals surface area (Å²) in [4.78, 5) is 39.3. The molecule has 38 heavy (non-hydrogen) atoms. The first-order valence-electron chi connectivity index (χ1n) is 13.8. The van der Waals surface area contributed by atoms with E-state index in [0.717, 1.165) is 12.0 Å². The number of benzene rings is 1. The number of aryl methyl sites for hydroxylation is 1. The lowest BCUT2D eigenvalue weighted by Crippen LogP contribution is -2.61. The predicted molar refractivity (Wildman–Crippen MR) is 143 cm³/mol. The number of carbonyl (C=O) groups excluding carboxylic acids is 3. The molecule has 1 unspecified atom stereocenters. The van der Waals surface area contributed by atoms with Crippen LogP contribution in [0.1, 0.15) is 64.9 Å². The molecule has 1 aliphatic heterocycles. The van der Waals surface area contributed by atoms with Gasteiger partial charge in [0.05, 0.1) is 12.7 Å². The number of hydrogen-bond acceptors (Lipinski definition) is 6. The van der Waals surface area contributed by atoms with E-state index in [1.807, 2.05) is 38.1 Å². The van der Waals surface area contributed by atoms with E-state index in [-0.39, 0.29) is 42.7 Å². The zero-order valence-electron chi connectivity index (χ0n) is 23.0. The number of nitrogens with zero attached hydrogens (tertiary/aromatic N) is 1. The first-order chi connectivity index (χ1) is 18.0. The number of nitrogens with one attached hydrogen (secondary N) is 2. The van der Waals surface area contributed by atoms with Crippen molar-refractivity contribution < 1.29 is 29.3 Å². The molecule has 1 aromatic carbocycles. The highest BCUT2D eigenvalue weighted by atomic mass is 16.6. The van der Waals surface area contributed by atoms with Gasteiger partial charge < -0.3 is 25.2 Å². The van der Waals surface area contributed by atoms with Crippen LogP contribution in [-0.4, -0.2) is 71.0 Å². The Hall–Kier alpha value is -2.65. The first-order valence-corrected chi connectivity index (χ1v) is 13.8. The van der Waals surface area contributed by atoms with Crippen LogP contribution >= 0.6 is 0 Å². The Kier molecular flexibility index (Phi) is 8.37. The minimum absolute atomic E-state index is 0.00896. The third-order valence-corrected chi connectivity index (χ3v) is 9.57. The summed E-state index contributed by atoms with van der Waals surface area (Å²) in [6.07, 6.45) is 1.74. The van der Waals surface area contributed by atoms with Gasteiger partial charge in [-0.05, 0) is 68.4 Å². The molecule has 0 radical (unpaired) electrons. The van der Waals surface area contributed by atoms with Crippen LogP contribution in [0.15, 0.2) is 24.3 Å². The van der Waals surface area contributed by atoms with Gasteiger partial charge in [-0.3, -0.25) is 14.9 Å². The molecular weight excluding hydrogens is 486 g/mol. The fourth-order valence-electron chi connectivity index (χ4n) is 7.40. The Morgan fingerprint density at radius 2 is 1.82 bits per heavy atom. The summed E-state index contributed by atoms with van der Waals surface area (Å²) in [6.45, 7) is 8.47. The Morgan fingerprint density at radius 3 is 2.47 bits per heavy atom. The summed E-state index contributed by atoms with van der Waals surface area (Å²) in [7, 11) is 0. The Balaban J connectivity index is 1.45. The van der Waals surface area contributed by atoms with E-state index in [2.05, 4.69) is 17.6 Å². The molecule has 9 nitrogen and oxygen atoms in total. The van der Waals surface area contributed by atoms with Gasteiger partial charge in [0.1, 0.15) is 6.10 Å². The fourth-order valence-corrected chi connectivity index (χ4v) is 7.40. The van der Waals surface area contributed by atoms with Crippen LogP contribution in [0.3, 0.4) is 0 Å². The van der Waals surface area contributed by atoms with Crippen LogP contribution in [0, 0.1) is 29.6 Å². The number of anilines is 1. The van der Waals surface area contributed by atoms with Crippen molar-refractivity contribution in [2.75, 3.05) is 25.0 Å². The van der Waals surface area contributed by atoms with Crippen LogP contribution < -0.4 is 10.6 Å². The molecule has 4 N–H and O–H groups in total. The van der Waals surface area contributed by atoms with Crippen molar-refractivity contribution in [2.45, 2.75) is 84.5 Å². The number of aliphatic hydroxyl groups is 2. The van der Waals surface area contributed by atoms with Crippen molar-refractivity contribution >= 4 is 23.6 Å². The van der Waals surface area contributed by atoms with Crippen molar-refractivity contribution in [3.8, 4) is 0 Å². The molecule has 0 aromatic heterocycles. The van der Waals surface area contributed by atoms with Gasteiger partial charge in [-0.25, -0.2) is 4.79 Å². The summed E-state index contributed by atoms with van der Waals surface area (Å²) < 4.78 is 5.91. The van der Waals surface area contributed by atoms with Crippen LogP contribution in [-0.2, 0) is 14.3 Å². The minimum Gasteiger partial charge on any atom is -0.445 e. The number of carbonyl (C=O) groups is 3. The minimum atomic E-state index is -0.705. The molecule has 9 heteroatoms. The highest BCUT2D eigenvalue weighted by molar-refractivity contribution is 5.84. The maximum absolute atomic E-state index is 13.3. The molecule has 2 saturated carbocycles. The highest BCUT2D eigenvalue weighted by Gasteiger charge is 2.60. The van der Waals surface area contributed by atoms with E-state index in [1.165, 1.54) is 6.92 Å². The molecule has 4 rings (SSSR count). The summed E-state index contributed by atoms with van der Waals surface area (Å²) >= 11 is 0. The molecule has 3 fully saturated rings. The quantitative estimate of drug-likeness (QED) is 0.448. The molecule has 3 aliphatic rings. The number of ether oxygens (including phenoxy) is 1. The number of fused-ring (bicyclic) bond motifs is 1. The second kappa shape index (κ2) is 11.2. The second-order valence-corrected chi connectivity index (χ2v) is 12.1. The first kappa shape index (κ1) is 28.4. The van der Waals surface area contributed by atoms with Crippen molar-refractivity contribution in [3.05, 3.63) is 29.8 Å². The van der Waals surface area contributed by atoms with E-state index < -0.39 is 29.1 Å². The predicted octanol–water partition coefficient (Wildman–Crippen LogP) is 3.23. The lowest BCUT2D eigenvalue weighted by atomic mass is 9.46. The third-order valence-electron chi connectivity index (χ3n) is 9.57. The Labute approximate surface area is 225 Å². The zero-order chi connectivity index (χ0) is 27.7. The molecule has 0 bridgehead atoms. The lowest BCUT2D eigenvalue weighted by Gasteiger charge is -2.60. The zero-order valence-corrected chi connectivity index (χ0v) is 23.0. The monoisotopic (exact) mass is 529 g/mol. The lowest BCUT2D eigenvalue weighted by molar-refractivity contribution is -0.186. The second-order valence-electron chi connectivity index (χ2n) is 12.1. The molecule has 1 saturated heterocycles. The molecule has 2 aliphatic carbocycles. The smallest absolute Gasteiger partial charge is 0.411 e. The van der Waals surface area contributed by atoms with Crippen molar-refractivity contribution in [2.24, 2.45) is 22.7 Å². The number of aliphatic hydroxyl groups excluding tert-OH is 2. The molecule has 210 valence electrons. The summed E-state index contributed by atoms with van der Waals surface area (Å²) in [5.41, 5.74) is 0.639. The fraction of sp³-hybridized carbons (Fsp3) is 0.690. The van der Waals surface area contributed by atoms with Gasteiger partial charge in [0.15, 0.2) is 0 Å². The third kappa shape index (κ3) is 5.69. The van der Waals surface area contributed by atoms with Crippen LogP contribution in [0.4, 0.5) is 10.5 Å². The van der Waals surface area contributed by atoms with Gasteiger partial charge in [-0.1, -0.05) is 31.5 Å². The SMILES string of the molecule is CC(=O)N[C@H]1CCN(C(=O)C[C@@H]2[C@H](O)CCC3[C@](C)(CO)[C@H](OC(=O)Nc4ccc(C)cc4)CC[C@]32C)C1. The Morgan fingerprint density at radius 1 is 1.11 bits per heavy atom. The number of rotatable bonds is 6. The molecule has 0 spiro atoms. The largest absolute Gasteiger partial charge is 0.445 e. The van der Waals surface area contributed by atoms with E-state index >= 15 is 0 Å². The van der Waals surface area contributed by atoms with Gasteiger partial charge in [0.25, 0.3) is 0 Å². The Bertz CT molecular complexity index is 1030. The molecule has 1 aromatic rings.